The molecule has 0 aromatic rings. The Kier molecular flexibility index (Phi) is 9.27. The van der Waals surface area contributed by atoms with Crippen molar-refractivity contribution in [1.82, 2.24) is 0 Å². The molecule has 1 atom stereocenters. The van der Waals surface area contributed by atoms with Gasteiger partial charge in [-0.1, -0.05) is 0 Å². The zero-order chi connectivity index (χ0) is 12.4. The Morgan fingerprint density at radius 1 is 1.38 bits per heavy atom. The van der Waals surface area contributed by atoms with E-state index in [0.717, 1.165) is 0 Å². The molecule has 0 saturated heterocycles. The number of carboxylic acids is 1. The van der Waals surface area contributed by atoms with Crippen LogP contribution in [0.1, 0.15) is 19.3 Å². The molecule has 0 aliphatic rings. The fourth-order valence-electron chi connectivity index (χ4n) is 1.16. The standard InChI is InChI=1S/C10H18O5S/c11-4-5-15-6-9(12)3-1-2-8(7-16)10(13)14/h8,11,16H,1-7H2,(H,13,14). The van der Waals surface area contributed by atoms with Gasteiger partial charge in [-0.05, 0) is 12.8 Å². The van der Waals surface area contributed by atoms with Crippen molar-refractivity contribution in [3.05, 3.63) is 0 Å². The van der Waals surface area contributed by atoms with Crippen LogP contribution in [0.4, 0.5) is 0 Å². The quantitative estimate of drug-likeness (QED) is 0.385. The van der Waals surface area contributed by atoms with Crippen LogP contribution in [0.5, 0.6) is 0 Å². The first kappa shape index (κ1) is 15.4. The molecule has 0 aliphatic carbocycles. The number of hydrogen-bond acceptors (Lipinski definition) is 5. The lowest BCUT2D eigenvalue weighted by molar-refractivity contribution is -0.141. The molecule has 0 aromatic heterocycles. The van der Waals surface area contributed by atoms with Gasteiger partial charge in [0.2, 0.25) is 0 Å². The van der Waals surface area contributed by atoms with Crippen molar-refractivity contribution in [2.75, 3.05) is 25.6 Å². The molecule has 0 spiro atoms. The minimum absolute atomic E-state index is 0.0147. The zero-order valence-electron chi connectivity index (χ0n) is 9.09. The predicted octanol–water partition coefficient (Wildman–Crippen LogP) is 0.365. The number of aliphatic hydroxyl groups excluding tert-OH is 1. The molecule has 6 heteroatoms. The summed E-state index contributed by atoms with van der Waals surface area (Å²) in [6.45, 7) is 0.0350. The average molecular weight is 250 g/mol. The summed E-state index contributed by atoms with van der Waals surface area (Å²) in [6.07, 6.45) is 1.28. The first-order valence-electron chi connectivity index (χ1n) is 5.15. The van der Waals surface area contributed by atoms with Crippen LogP contribution in [0.2, 0.25) is 0 Å². The Bertz CT molecular complexity index is 219. The maximum atomic E-state index is 11.2. The lowest BCUT2D eigenvalue weighted by Gasteiger charge is -2.08. The van der Waals surface area contributed by atoms with Gasteiger partial charge < -0.3 is 14.9 Å². The highest BCUT2D eigenvalue weighted by atomic mass is 32.1. The van der Waals surface area contributed by atoms with E-state index in [4.69, 9.17) is 14.9 Å². The minimum Gasteiger partial charge on any atom is -0.481 e. The van der Waals surface area contributed by atoms with Crippen molar-refractivity contribution < 1.29 is 24.5 Å². The molecule has 0 aliphatic heterocycles. The molecule has 0 bridgehead atoms. The number of carboxylic acid groups (broad SMARTS) is 1. The van der Waals surface area contributed by atoms with E-state index in [-0.39, 0.29) is 31.4 Å². The van der Waals surface area contributed by atoms with Crippen molar-refractivity contribution in [3.63, 3.8) is 0 Å². The number of ketones is 1. The van der Waals surface area contributed by atoms with Crippen molar-refractivity contribution in [1.29, 1.82) is 0 Å². The molecule has 0 amide bonds. The Balaban J connectivity index is 3.56. The monoisotopic (exact) mass is 250 g/mol. The van der Waals surface area contributed by atoms with Crippen LogP contribution in [0.25, 0.3) is 0 Å². The molecule has 0 rings (SSSR count). The second-order valence-electron chi connectivity index (χ2n) is 3.42. The Hall–Kier alpha value is -0.590. The van der Waals surface area contributed by atoms with Gasteiger partial charge in [0.05, 0.1) is 19.1 Å². The van der Waals surface area contributed by atoms with Gasteiger partial charge in [-0.15, -0.1) is 0 Å². The van der Waals surface area contributed by atoms with Crippen LogP contribution >= 0.6 is 12.6 Å². The van der Waals surface area contributed by atoms with Gasteiger partial charge in [-0.2, -0.15) is 12.6 Å². The van der Waals surface area contributed by atoms with Crippen LogP contribution in [0, 0.1) is 5.92 Å². The van der Waals surface area contributed by atoms with Gasteiger partial charge in [0.25, 0.3) is 0 Å². The van der Waals surface area contributed by atoms with E-state index in [9.17, 15) is 9.59 Å². The third-order valence-corrected chi connectivity index (χ3v) is 2.52. The third kappa shape index (κ3) is 7.67. The molecule has 0 heterocycles. The Labute approximate surface area is 100 Å². The van der Waals surface area contributed by atoms with E-state index < -0.39 is 11.9 Å². The first-order valence-corrected chi connectivity index (χ1v) is 5.79. The van der Waals surface area contributed by atoms with E-state index >= 15 is 0 Å². The van der Waals surface area contributed by atoms with Crippen molar-refractivity contribution in [2.24, 2.45) is 5.92 Å². The van der Waals surface area contributed by atoms with Crippen LogP contribution in [0.15, 0.2) is 0 Å². The summed E-state index contributed by atoms with van der Waals surface area (Å²) in [6, 6.07) is 0. The molecule has 16 heavy (non-hydrogen) atoms. The van der Waals surface area contributed by atoms with E-state index in [0.29, 0.717) is 19.3 Å². The third-order valence-electron chi connectivity index (χ3n) is 2.08. The molecule has 2 N–H and O–H groups in total. The van der Waals surface area contributed by atoms with Crippen molar-refractivity contribution in [3.8, 4) is 0 Å². The van der Waals surface area contributed by atoms with Gasteiger partial charge in [0.1, 0.15) is 6.61 Å². The Morgan fingerprint density at radius 3 is 2.56 bits per heavy atom. The smallest absolute Gasteiger partial charge is 0.307 e. The summed E-state index contributed by atoms with van der Waals surface area (Å²) >= 11 is 3.93. The molecular weight excluding hydrogens is 232 g/mol. The van der Waals surface area contributed by atoms with Crippen LogP contribution in [-0.4, -0.2) is 47.5 Å². The topological polar surface area (TPSA) is 83.8 Å². The zero-order valence-corrected chi connectivity index (χ0v) is 9.99. The predicted molar refractivity (Wildman–Crippen MR) is 61.7 cm³/mol. The largest absolute Gasteiger partial charge is 0.481 e. The number of aliphatic carboxylic acids is 1. The first-order chi connectivity index (χ1) is 7.61. The normalized spacial score (nSPS) is 12.4. The second-order valence-corrected chi connectivity index (χ2v) is 3.79. The molecule has 5 nitrogen and oxygen atoms in total. The summed E-state index contributed by atoms with van der Waals surface area (Å²) in [4.78, 5) is 21.8. The lowest BCUT2D eigenvalue weighted by Crippen LogP contribution is -2.16. The summed E-state index contributed by atoms with van der Waals surface area (Å²) in [5.74, 6) is -1.16. The molecular formula is C10H18O5S. The molecule has 0 fully saturated rings. The summed E-state index contributed by atoms with van der Waals surface area (Å²) in [5, 5.41) is 17.1. The van der Waals surface area contributed by atoms with Crippen molar-refractivity contribution >= 4 is 24.4 Å². The SMILES string of the molecule is O=C(CCCC(CS)C(=O)O)COCCO. The van der Waals surface area contributed by atoms with Crippen LogP contribution in [-0.2, 0) is 14.3 Å². The van der Waals surface area contributed by atoms with Gasteiger partial charge in [-0.25, -0.2) is 0 Å². The lowest BCUT2D eigenvalue weighted by atomic mass is 10.0. The highest BCUT2D eigenvalue weighted by Crippen LogP contribution is 2.10. The maximum Gasteiger partial charge on any atom is 0.307 e. The van der Waals surface area contributed by atoms with Crippen LogP contribution in [0.3, 0.4) is 0 Å². The average Bonchev–Trinajstić information content (AvgIpc) is 2.24. The van der Waals surface area contributed by atoms with E-state index in [1.165, 1.54) is 0 Å². The summed E-state index contributed by atoms with van der Waals surface area (Å²) < 4.78 is 4.84. The molecule has 0 radical (unpaired) electrons. The number of aliphatic hydroxyl groups is 1. The molecule has 94 valence electrons. The number of ether oxygens (including phenoxy) is 1. The number of rotatable bonds is 10. The van der Waals surface area contributed by atoms with Gasteiger partial charge >= 0.3 is 5.97 Å². The van der Waals surface area contributed by atoms with E-state index in [2.05, 4.69) is 12.6 Å². The number of thiol groups is 1. The highest BCUT2D eigenvalue weighted by Gasteiger charge is 2.15. The van der Waals surface area contributed by atoms with Gasteiger partial charge in [0.15, 0.2) is 5.78 Å². The molecule has 0 saturated carbocycles. The van der Waals surface area contributed by atoms with E-state index in [1.807, 2.05) is 0 Å². The fraction of sp³-hybridized carbons (Fsp3) is 0.800. The number of Topliss-reactive ketones (excluding diaryl/α,β-unsaturated/α-hetero) is 1. The van der Waals surface area contributed by atoms with E-state index in [1.54, 1.807) is 0 Å². The maximum absolute atomic E-state index is 11.2. The Morgan fingerprint density at radius 2 is 2.06 bits per heavy atom. The highest BCUT2D eigenvalue weighted by molar-refractivity contribution is 7.80. The summed E-state index contributed by atoms with van der Waals surface area (Å²) in [5.41, 5.74) is 0. The second kappa shape index (κ2) is 9.62. The van der Waals surface area contributed by atoms with Gasteiger partial charge in [0, 0.05) is 12.2 Å². The molecule has 0 aromatic carbocycles. The molecule has 1 unspecified atom stereocenters. The minimum atomic E-state index is -0.876. The fourth-order valence-corrected chi connectivity index (χ4v) is 1.50. The number of carbonyl (C=O) groups excluding carboxylic acids is 1. The van der Waals surface area contributed by atoms with Gasteiger partial charge in [-0.3, -0.25) is 9.59 Å². The van der Waals surface area contributed by atoms with Crippen molar-refractivity contribution in [2.45, 2.75) is 19.3 Å². The van der Waals surface area contributed by atoms with Crippen LogP contribution < -0.4 is 0 Å². The summed E-state index contributed by atoms with van der Waals surface area (Å²) in [7, 11) is 0. The number of hydrogen-bond donors (Lipinski definition) is 3. The number of carbonyl (C=O) groups is 2.